The Morgan fingerprint density at radius 1 is 1.28 bits per heavy atom. The van der Waals surface area contributed by atoms with E-state index in [0.29, 0.717) is 12.8 Å². The first-order chi connectivity index (χ1) is 11.6. The molecule has 10 heteroatoms. The minimum Gasteiger partial charge on any atom is -0.450 e. The summed E-state index contributed by atoms with van der Waals surface area (Å²) in [5.74, 6) is 0. The number of benzene rings is 1. The molecule has 140 valence electrons. The third kappa shape index (κ3) is 4.85. The molecule has 1 aliphatic rings. The van der Waals surface area contributed by atoms with Gasteiger partial charge in [-0.1, -0.05) is 12.1 Å². The van der Waals surface area contributed by atoms with Gasteiger partial charge in [-0.05, 0) is 31.9 Å². The minimum atomic E-state index is -4.77. The van der Waals surface area contributed by atoms with Crippen molar-refractivity contribution in [1.29, 1.82) is 0 Å². The first kappa shape index (κ1) is 19.5. The van der Waals surface area contributed by atoms with E-state index in [1.165, 1.54) is 11.0 Å². The number of sulfonamides is 1. The van der Waals surface area contributed by atoms with Crippen molar-refractivity contribution in [3.63, 3.8) is 0 Å². The number of hydrogen-bond acceptors (Lipinski definition) is 4. The van der Waals surface area contributed by atoms with Crippen LogP contribution in [0.2, 0.25) is 0 Å². The van der Waals surface area contributed by atoms with Gasteiger partial charge < -0.3 is 9.64 Å². The van der Waals surface area contributed by atoms with Crippen LogP contribution < -0.4 is 4.72 Å². The third-order valence-electron chi connectivity index (χ3n) is 3.82. The lowest BCUT2D eigenvalue weighted by molar-refractivity contribution is -0.139. The van der Waals surface area contributed by atoms with Crippen LogP contribution in [0.1, 0.15) is 25.3 Å². The molecule has 0 atom stereocenters. The molecule has 1 aromatic rings. The van der Waals surface area contributed by atoms with Crippen molar-refractivity contribution in [1.82, 2.24) is 9.62 Å². The molecule has 1 N–H and O–H groups in total. The van der Waals surface area contributed by atoms with Crippen molar-refractivity contribution >= 4 is 16.1 Å². The highest BCUT2D eigenvalue weighted by molar-refractivity contribution is 7.89. The van der Waals surface area contributed by atoms with Crippen LogP contribution in [0.4, 0.5) is 18.0 Å². The van der Waals surface area contributed by atoms with E-state index in [4.69, 9.17) is 4.74 Å². The number of hydrogen-bond donors (Lipinski definition) is 1. The van der Waals surface area contributed by atoms with E-state index in [-0.39, 0.29) is 19.7 Å². The van der Waals surface area contributed by atoms with E-state index < -0.39 is 38.8 Å². The van der Waals surface area contributed by atoms with Crippen LogP contribution in [0.3, 0.4) is 0 Å². The Hall–Kier alpha value is -1.81. The lowest BCUT2D eigenvalue weighted by atomic mass is 10.1. The van der Waals surface area contributed by atoms with Gasteiger partial charge >= 0.3 is 12.3 Å². The molecule has 1 heterocycles. The van der Waals surface area contributed by atoms with Crippen LogP contribution in [-0.2, 0) is 20.9 Å². The second-order valence-corrected chi connectivity index (χ2v) is 7.26. The van der Waals surface area contributed by atoms with Gasteiger partial charge in [-0.25, -0.2) is 17.9 Å². The molecule has 1 saturated heterocycles. The van der Waals surface area contributed by atoms with Crippen LogP contribution in [0.5, 0.6) is 0 Å². The van der Waals surface area contributed by atoms with Crippen LogP contribution in [0.25, 0.3) is 0 Å². The van der Waals surface area contributed by atoms with Gasteiger partial charge in [0, 0.05) is 19.1 Å². The highest BCUT2D eigenvalue weighted by Gasteiger charge is 2.37. The van der Waals surface area contributed by atoms with Crippen LogP contribution >= 0.6 is 0 Å². The number of carbonyl (C=O) groups is 1. The van der Waals surface area contributed by atoms with E-state index in [2.05, 4.69) is 4.72 Å². The molecular formula is C15H19F3N2O4S. The molecule has 0 spiro atoms. The molecule has 0 saturated carbocycles. The van der Waals surface area contributed by atoms with Crippen molar-refractivity contribution in [3.05, 3.63) is 29.8 Å². The smallest absolute Gasteiger partial charge is 0.417 e. The van der Waals surface area contributed by atoms with E-state index in [1.807, 2.05) is 0 Å². The average molecular weight is 380 g/mol. The zero-order valence-electron chi connectivity index (χ0n) is 13.5. The SMILES string of the molecule is CCOC(=O)N1CCC(NS(=O)(=O)c2ccccc2C(F)(F)F)CC1. The molecule has 1 aromatic carbocycles. The Labute approximate surface area is 144 Å². The highest BCUT2D eigenvalue weighted by Crippen LogP contribution is 2.34. The number of alkyl halides is 3. The Kier molecular flexibility index (Phi) is 5.94. The van der Waals surface area contributed by atoms with Crippen molar-refractivity contribution in [2.24, 2.45) is 0 Å². The average Bonchev–Trinajstić information content (AvgIpc) is 2.54. The fourth-order valence-electron chi connectivity index (χ4n) is 2.61. The van der Waals surface area contributed by atoms with Gasteiger partial charge in [-0.2, -0.15) is 13.2 Å². The largest absolute Gasteiger partial charge is 0.450 e. The lowest BCUT2D eigenvalue weighted by Gasteiger charge is -2.31. The zero-order chi connectivity index (χ0) is 18.7. The van der Waals surface area contributed by atoms with E-state index in [0.717, 1.165) is 18.2 Å². The van der Waals surface area contributed by atoms with Gasteiger partial charge in [-0.3, -0.25) is 0 Å². The first-order valence-electron chi connectivity index (χ1n) is 7.75. The maximum Gasteiger partial charge on any atom is 0.417 e. The molecule has 0 radical (unpaired) electrons. The molecular weight excluding hydrogens is 361 g/mol. The number of halogens is 3. The van der Waals surface area contributed by atoms with Crippen molar-refractivity contribution in [2.45, 2.75) is 36.9 Å². The molecule has 0 aliphatic carbocycles. The van der Waals surface area contributed by atoms with Crippen LogP contribution in [-0.4, -0.2) is 45.1 Å². The summed E-state index contributed by atoms with van der Waals surface area (Å²) >= 11 is 0. The number of amides is 1. The van der Waals surface area contributed by atoms with Gasteiger partial charge in [-0.15, -0.1) is 0 Å². The number of rotatable bonds is 4. The zero-order valence-corrected chi connectivity index (χ0v) is 14.4. The number of likely N-dealkylation sites (tertiary alicyclic amines) is 1. The van der Waals surface area contributed by atoms with Gasteiger partial charge in [0.1, 0.15) is 0 Å². The summed E-state index contributed by atoms with van der Waals surface area (Å²) in [6.07, 6.45) is -4.65. The summed E-state index contributed by atoms with van der Waals surface area (Å²) in [5, 5.41) is 0. The van der Waals surface area contributed by atoms with Gasteiger partial charge in [0.15, 0.2) is 0 Å². The Bertz CT molecular complexity index is 714. The third-order valence-corrected chi connectivity index (χ3v) is 5.40. The second-order valence-electron chi connectivity index (χ2n) is 5.58. The molecule has 6 nitrogen and oxygen atoms in total. The fourth-order valence-corrected chi connectivity index (χ4v) is 4.15. The standard InChI is InChI=1S/C15H19F3N2O4S/c1-2-24-14(21)20-9-7-11(8-10-20)19-25(22,23)13-6-4-3-5-12(13)15(16,17)18/h3-6,11,19H,2,7-10H2,1H3. The predicted molar refractivity (Wildman–Crippen MR) is 83.4 cm³/mol. The summed E-state index contributed by atoms with van der Waals surface area (Å²) in [5.41, 5.74) is -1.20. The molecule has 0 aromatic heterocycles. The fraction of sp³-hybridized carbons (Fsp3) is 0.533. The molecule has 1 amide bonds. The first-order valence-corrected chi connectivity index (χ1v) is 9.23. The normalized spacial score (nSPS) is 16.7. The van der Waals surface area contributed by atoms with E-state index in [1.54, 1.807) is 6.92 Å². The Morgan fingerprint density at radius 3 is 2.44 bits per heavy atom. The highest BCUT2D eigenvalue weighted by atomic mass is 32.2. The topological polar surface area (TPSA) is 75.7 Å². The molecule has 2 rings (SSSR count). The van der Waals surface area contributed by atoms with Crippen molar-refractivity contribution < 1.29 is 31.1 Å². The summed E-state index contributed by atoms with van der Waals surface area (Å²) in [6, 6.07) is 3.50. The lowest BCUT2D eigenvalue weighted by Crippen LogP contribution is -2.46. The van der Waals surface area contributed by atoms with E-state index in [9.17, 15) is 26.4 Å². The summed E-state index contributed by atoms with van der Waals surface area (Å²) in [6.45, 7) is 2.45. The van der Waals surface area contributed by atoms with Crippen molar-refractivity contribution in [3.8, 4) is 0 Å². The minimum absolute atomic E-state index is 0.236. The summed E-state index contributed by atoms with van der Waals surface area (Å²) < 4.78 is 71.0. The molecule has 1 fully saturated rings. The number of ether oxygens (including phenoxy) is 1. The number of carbonyl (C=O) groups excluding carboxylic acids is 1. The van der Waals surface area contributed by atoms with Gasteiger partial charge in [0.2, 0.25) is 10.0 Å². The van der Waals surface area contributed by atoms with Crippen molar-refractivity contribution in [2.75, 3.05) is 19.7 Å². The number of nitrogens with zero attached hydrogens (tertiary/aromatic N) is 1. The molecule has 25 heavy (non-hydrogen) atoms. The van der Waals surface area contributed by atoms with Gasteiger partial charge in [0.05, 0.1) is 17.1 Å². The van der Waals surface area contributed by atoms with Crippen LogP contribution in [0, 0.1) is 0 Å². The number of nitrogens with one attached hydrogen (secondary N) is 1. The van der Waals surface area contributed by atoms with Crippen LogP contribution in [0.15, 0.2) is 29.2 Å². The maximum absolute atomic E-state index is 13.0. The molecule has 1 aliphatic heterocycles. The van der Waals surface area contributed by atoms with E-state index >= 15 is 0 Å². The number of piperidine rings is 1. The second kappa shape index (κ2) is 7.61. The Morgan fingerprint density at radius 2 is 1.88 bits per heavy atom. The monoisotopic (exact) mass is 380 g/mol. The quantitative estimate of drug-likeness (QED) is 0.871. The summed E-state index contributed by atoms with van der Waals surface area (Å²) in [7, 11) is -4.33. The van der Waals surface area contributed by atoms with Gasteiger partial charge in [0.25, 0.3) is 0 Å². The predicted octanol–water partition coefficient (Wildman–Crippen LogP) is 2.60. The maximum atomic E-state index is 13.0. The molecule has 0 bridgehead atoms. The molecule has 0 unspecified atom stereocenters. The summed E-state index contributed by atoms with van der Waals surface area (Å²) in [4.78, 5) is 12.3. The Balaban J connectivity index is 2.08.